The maximum absolute atomic E-state index is 12.5. The lowest BCUT2D eigenvalue weighted by Crippen LogP contribution is -2.46. The van der Waals surface area contributed by atoms with E-state index in [1.807, 2.05) is 0 Å². The van der Waals surface area contributed by atoms with Crippen LogP contribution in [0.3, 0.4) is 0 Å². The van der Waals surface area contributed by atoms with Gasteiger partial charge >= 0.3 is 6.03 Å². The summed E-state index contributed by atoms with van der Waals surface area (Å²) in [6.07, 6.45) is 0.800. The fourth-order valence-electron chi connectivity index (χ4n) is 2.88. The molecule has 1 aliphatic heterocycles. The molecule has 0 bridgehead atoms. The molecular formula is C16H18Cl2N2O4. The molecule has 0 spiro atoms. The van der Waals surface area contributed by atoms with Crippen LogP contribution in [0.5, 0.6) is 5.75 Å². The van der Waals surface area contributed by atoms with Crippen molar-refractivity contribution in [2.45, 2.75) is 31.4 Å². The first kappa shape index (κ1) is 17.3. The van der Waals surface area contributed by atoms with Crippen LogP contribution in [0.15, 0.2) is 18.2 Å². The third-order valence-corrected chi connectivity index (χ3v) is 5.02. The van der Waals surface area contributed by atoms with Crippen LogP contribution in [0, 0.1) is 5.92 Å². The van der Waals surface area contributed by atoms with Crippen molar-refractivity contribution >= 4 is 35.1 Å². The van der Waals surface area contributed by atoms with Gasteiger partial charge in [-0.1, -0.05) is 29.3 Å². The highest BCUT2D eigenvalue weighted by Gasteiger charge is 2.56. The molecule has 24 heavy (non-hydrogen) atoms. The molecule has 1 aliphatic carbocycles. The number of halogens is 2. The van der Waals surface area contributed by atoms with Gasteiger partial charge in [-0.3, -0.25) is 9.69 Å². The van der Waals surface area contributed by atoms with Crippen LogP contribution in [0.2, 0.25) is 10.0 Å². The third kappa shape index (κ3) is 3.18. The molecule has 0 aromatic heterocycles. The Bertz CT molecular complexity index is 660. The van der Waals surface area contributed by atoms with Gasteiger partial charge in [-0.25, -0.2) is 4.79 Å². The summed E-state index contributed by atoms with van der Waals surface area (Å²) in [5, 5.41) is 13.5. The van der Waals surface area contributed by atoms with Crippen molar-refractivity contribution in [1.29, 1.82) is 0 Å². The summed E-state index contributed by atoms with van der Waals surface area (Å²) in [5.74, 6) is 0.138. The molecule has 1 aromatic rings. The van der Waals surface area contributed by atoms with Crippen molar-refractivity contribution in [2.24, 2.45) is 5.92 Å². The number of rotatable bonds is 6. The molecule has 2 fully saturated rings. The summed E-state index contributed by atoms with van der Waals surface area (Å²) < 4.78 is 5.44. The molecule has 1 saturated heterocycles. The molecular weight excluding hydrogens is 355 g/mol. The Hall–Kier alpha value is -1.50. The zero-order chi connectivity index (χ0) is 17.5. The molecule has 0 radical (unpaired) electrons. The quantitative estimate of drug-likeness (QED) is 0.751. The highest BCUT2D eigenvalue weighted by molar-refractivity contribution is 6.37. The summed E-state index contributed by atoms with van der Waals surface area (Å²) in [5.41, 5.74) is -0.857. The van der Waals surface area contributed by atoms with Gasteiger partial charge in [0.05, 0.1) is 16.6 Å². The molecule has 2 aliphatic rings. The molecule has 1 heterocycles. The molecule has 2 unspecified atom stereocenters. The van der Waals surface area contributed by atoms with E-state index in [0.717, 1.165) is 17.7 Å². The largest absolute Gasteiger partial charge is 0.488 e. The second-order valence-corrected chi connectivity index (χ2v) is 7.15. The van der Waals surface area contributed by atoms with Gasteiger partial charge in [0.1, 0.15) is 18.2 Å². The minimum absolute atomic E-state index is 0.138. The number of urea groups is 1. The number of aliphatic hydroxyl groups excluding tert-OH is 1. The second-order valence-electron chi connectivity index (χ2n) is 6.34. The SMILES string of the molecule is CC1(C2CC2)NC(=O)N(CC(O)COc2c(Cl)cccc2Cl)C1=O. The van der Waals surface area contributed by atoms with Gasteiger partial charge in [-0.2, -0.15) is 0 Å². The van der Waals surface area contributed by atoms with Crippen molar-refractivity contribution in [3.63, 3.8) is 0 Å². The Labute approximate surface area is 149 Å². The van der Waals surface area contributed by atoms with Crippen molar-refractivity contribution in [3.05, 3.63) is 28.2 Å². The number of nitrogens with one attached hydrogen (secondary N) is 1. The van der Waals surface area contributed by atoms with Crippen molar-refractivity contribution in [3.8, 4) is 5.75 Å². The van der Waals surface area contributed by atoms with Crippen LogP contribution < -0.4 is 10.1 Å². The predicted octanol–water partition coefficient (Wildman–Crippen LogP) is 2.45. The number of hydrogen-bond acceptors (Lipinski definition) is 4. The van der Waals surface area contributed by atoms with Crippen LogP contribution in [0.4, 0.5) is 4.79 Å². The van der Waals surface area contributed by atoms with Gasteiger partial charge in [0, 0.05) is 0 Å². The van der Waals surface area contributed by atoms with Crippen LogP contribution in [0.1, 0.15) is 19.8 Å². The number of carbonyl (C=O) groups is 2. The number of β-amino-alcohol motifs (C(OH)–C–C–N with tert-alkyl or cyclic N) is 1. The maximum Gasteiger partial charge on any atom is 0.325 e. The third-order valence-electron chi connectivity index (χ3n) is 4.43. The van der Waals surface area contributed by atoms with Gasteiger partial charge in [-0.05, 0) is 37.8 Å². The normalized spacial score (nSPS) is 24.9. The molecule has 130 valence electrons. The van der Waals surface area contributed by atoms with Gasteiger partial charge in [-0.15, -0.1) is 0 Å². The molecule has 1 saturated carbocycles. The number of amides is 3. The van der Waals surface area contributed by atoms with E-state index in [2.05, 4.69) is 5.32 Å². The first-order valence-electron chi connectivity index (χ1n) is 7.72. The number of para-hydroxylation sites is 1. The van der Waals surface area contributed by atoms with E-state index >= 15 is 0 Å². The molecule has 1 aromatic carbocycles. The van der Waals surface area contributed by atoms with Crippen LogP contribution in [0.25, 0.3) is 0 Å². The molecule has 2 atom stereocenters. The van der Waals surface area contributed by atoms with E-state index in [0.29, 0.717) is 10.0 Å². The Kier molecular flexibility index (Phi) is 4.64. The minimum atomic E-state index is -1.05. The Balaban J connectivity index is 1.60. The summed E-state index contributed by atoms with van der Waals surface area (Å²) >= 11 is 12.0. The minimum Gasteiger partial charge on any atom is -0.488 e. The number of carbonyl (C=O) groups excluding carboxylic acids is 2. The maximum atomic E-state index is 12.5. The van der Waals surface area contributed by atoms with Gasteiger partial charge in [0.2, 0.25) is 0 Å². The summed E-state index contributed by atoms with van der Waals surface area (Å²) in [4.78, 5) is 25.6. The van der Waals surface area contributed by atoms with E-state index in [1.54, 1.807) is 25.1 Å². The second kappa shape index (κ2) is 6.43. The van der Waals surface area contributed by atoms with Gasteiger partial charge in [0.25, 0.3) is 5.91 Å². The fraction of sp³-hybridized carbons (Fsp3) is 0.500. The highest BCUT2D eigenvalue weighted by Crippen LogP contribution is 2.42. The lowest BCUT2D eigenvalue weighted by atomic mass is 9.96. The first-order chi connectivity index (χ1) is 11.3. The number of ether oxygens (including phenoxy) is 1. The average Bonchev–Trinajstić information content (AvgIpc) is 3.33. The number of aliphatic hydroxyl groups is 1. The lowest BCUT2D eigenvalue weighted by molar-refractivity contribution is -0.132. The van der Waals surface area contributed by atoms with Crippen molar-refractivity contribution in [2.75, 3.05) is 13.2 Å². The average molecular weight is 373 g/mol. The van der Waals surface area contributed by atoms with Crippen LogP contribution in [-0.2, 0) is 4.79 Å². The summed E-state index contributed by atoms with van der Waals surface area (Å²) in [7, 11) is 0. The number of nitrogens with zero attached hydrogens (tertiary/aromatic N) is 1. The highest BCUT2D eigenvalue weighted by atomic mass is 35.5. The van der Waals surface area contributed by atoms with E-state index in [-0.39, 0.29) is 30.7 Å². The molecule has 8 heteroatoms. The van der Waals surface area contributed by atoms with Crippen molar-refractivity contribution < 1.29 is 19.4 Å². The monoisotopic (exact) mass is 372 g/mol. The Morgan fingerprint density at radius 2 is 2.00 bits per heavy atom. The summed E-state index contributed by atoms with van der Waals surface area (Å²) in [6.45, 7) is 1.45. The number of imide groups is 1. The van der Waals surface area contributed by atoms with Gasteiger partial charge < -0.3 is 15.2 Å². The van der Waals surface area contributed by atoms with E-state index < -0.39 is 17.7 Å². The zero-order valence-corrected chi connectivity index (χ0v) is 14.6. The van der Waals surface area contributed by atoms with Crippen molar-refractivity contribution in [1.82, 2.24) is 10.2 Å². The van der Waals surface area contributed by atoms with Crippen LogP contribution in [-0.4, -0.2) is 46.7 Å². The van der Waals surface area contributed by atoms with E-state index in [4.69, 9.17) is 27.9 Å². The van der Waals surface area contributed by atoms with E-state index in [9.17, 15) is 14.7 Å². The number of benzene rings is 1. The molecule has 3 amide bonds. The standard InChI is InChI=1S/C16H18Cl2N2O4/c1-16(9-5-6-9)14(22)20(15(23)19-16)7-10(21)8-24-13-11(17)3-2-4-12(13)18/h2-4,9-10,21H,5-8H2,1H3,(H,19,23). The Morgan fingerprint density at radius 1 is 1.38 bits per heavy atom. The zero-order valence-electron chi connectivity index (χ0n) is 13.1. The topological polar surface area (TPSA) is 78.9 Å². The summed E-state index contributed by atoms with van der Waals surface area (Å²) in [6, 6.07) is 4.44. The first-order valence-corrected chi connectivity index (χ1v) is 8.47. The lowest BCUT2D eigenvalue weighted by Gasteiger charge is -2.22. The van der Waals surface area contributed by atoms with E-state index in [1.165, 1.54) is 0 Å². The molecule has 2 N–H and O–H groups in total. The smallest absolute Gasteiger partial charge is 0.325 e. The molecule has 6 nitrogen and oxygen atoms in total. The van der Waals surface area contributed by atoms with Gasteiger partial charge in [0.15, 0.2) is 5.75 Å². The number of hydrogen-bond donors (Lipinski definition) is 2. The molecule has 3 rings (SSSR count). The van der Waals surface area contributed by atoms with Crippen LogP contribution >= 0.6 is 23.2 Å². The fourth-order valence-corrected chi connectivity index (χ4v) is 3.39. The predicted molar refractivity (Wildman–Crippen MR) is 89.3 cm³/mol. The Morgan fingerprint density at radius 3 is 2.58 bits per heavy atom.